The molecule has 0 aromatic rings. The number of nitrogens with two attached hydrogens (primary N) is 3. The van der Waals surface area contributed by atoms with Gasteiger partial charge in [0.25, 0.3) is 0 Å². The van der Waals surface area contributed by atoms with Gasteiger partial charge >= 0.3 is 5.97 Å². The third-order valence-electron chi connectivity index (χ3n) is 1.50. The highest BCUT2D eigenvalue weighted by molar-refractivity contribution is 5.75. The Morgan fingerprint density at radius 2 is 2.00 bits per heavy atom. The van der Waals surface area contributed by atoms with Gasteiger partial charge in [-0.3, -0.25) is 10.5 Å². The molecule has 0 radical (unpaired) electrons. The van der Waals surface area contributed by atoms with Gasteiger partial charge in [-0.15, -0.1) is 0 Å². The third-order valence-corrected chi connectivity index (χ3v) is 1.50. The molecule has 5 nitrogen and oxygen atoms in total. The lowest BCUT2D eigenvalue weighted by Crippen LogP contribution is -2.33. The van der Waals surface area contributed by atoms with Crippen molar-refractivity contribution in [1.82, 2.24) is 0 Å². The summed E-state index contributed by atoms with van der Waals surface area (Å²) in [7, 11) is 0. The third kappa shape index (κ3) is 5.06. The van der Waals surface area contributed by atoms with E-state index in [0.717, 1.165) is 12.8 Å². The second-order valence-corrected chi connectivity index (χ2v) is 2.52. The van der Waals surface area contributed by atoms with Crippen LogP contribution in [0.15, 0.2) is 0 Å². The standard InChI is InChI=1S/C7H17N3O2/c8-4-2-1-3-6(10)7(11)12-5-9/h6H,1-5,8-10H2/t6-/m0/s1. The smallest absolute Gasteiger partial charge is 0.324 e. The first-order valence-electron chi connectivity index (χ1n) is 4.04. The number of hydrogen-bond donors (Lipinski definition) is 3. The van der Waals surface area contributed by atoms with Crippen molar-refractivity contribution in [3.8, 4) is 0 Å². The van der Waals surface area contributed by atoms with Crippen LogP contribution >= 0.6 is 0 Å². The molecule has 0 aromatic heterocycles. The second-order valence-electron chi connectivity index (χ2n) is 2.52. The first kappa shape index (κ1) is 11.4. The zero-order valence-electron chi connectivity index (χ0n) is 7.16. The van der Waals surface area contributed by atoms with E-state index in [9.17, 15) is 4.79 Å². The maximum absolute atomic E-state index is 10.9. The normalized spacial score (nSPS) is 12.6. The molecule has 0 aliphatic carbocycles. The number of hydrogen-bond acceptors (Lipinski definition) is 5. The molecule has 0 saturated heterocycles. The van der Waals surface area contributed by atoms with E-state index in [1.807, 2.05) is 0 Å². The van der Waals surface area contributed by atoms with Crippen LogP contribution in [0, 0.1) is 0 Å². The largest absolute Gasteiger partial charge is 0.449 e. The molecular formula is C7H17N3O2. The molecule has 0 amide bonds. The SMILES string of the molecule is NCCCC[C@H](N)C(=O)OCN. The number of ether oxygens (including phenoxy) is 1. The van der Waals surface area contributed by atoms with Crippen molar-refractivity contribution in [3.63, 3.8) is 0 Å². The molecule has 0 unspecified atom stereocenters. The summed E-state index contributed by atoms with van der Waals surface area (Å²) < 4.78 is 4.52. The van der Waals surface area contributed by atoms with Gasteiger partial charge in [-0.25, -0.2) is 0 Å². The Hall–Kier alpha value is -0.650. The Morgan fingerprint density at radius 3 is 2.50 bits per heavy atom. The van der Waals surface area contributed by atoms with Gasteiger partial charge in [0.05, 0.1) is 0 Å². The van der Waals surface area contributed by atoms with Crippen molar-refractivity contribution in [3.05, 3.63) is 0 Å². The maximum Gasteiger partial charge on any atom is 0.324 e. The Bertz CT molecular complexity index is 130. The summed E-state index contributed by atoms with van der Waals surface area (Å²) in [5.74, 6) is -0.436. The van der Waals surface area contributed by atoms with Crippen molar-refractivity contribution in [2.24, 2.45) is 17.2 Å². The summed E-state index contributed by atoms with van der Waals surface area (Å²) in [6.07, 6.45) is 2.33. The van der Waals surface area contributed by atoms with Crippen LogP contribution in [-0.2, 0) is 9.53 Å². The first-order valence-corrected chi connectivity index (χ1v) is 4.04. The van der Waals surface area contributed by atoms with Crippen molar-refractivity contribution in [2.75, 3.05) is 13.3 Å². The minimum atomic E-state index is -0.555. The van der Waals surface area contributed by atoms with Gasteiger partial charge in [0.2, 0.25) is 0 Å². The lowest BCUT2D eigenvalue weighted by molar-refractivity contribution is -0.145. The molecule has 0 bridgehead atoms. The average Bonchev–Trinajstić information content (AvgIpc) is 2.05. The van der Waals surface area contributed by atoms with Gasteiger partial charge in [0, 0.05) is 0 Å². The fraction of sp³-hybridized carbons (Fsp3) is 0.857. The minimum Gasteiger partial charge on any atom is -0.449 e. The quantitative estimate of drug-likeness (QED) is 0.270. The maximum atomic E-state index is 10.9. The summed E-state index contributed by atoms with van der Waals surface area (Å²) in [6.45, 7) is 0.516. The molecule has 1 atom stereocenters. The van der Waals surface area contributed by atoms with E-state index in [1.165, 1.54) is 0 Å². The van der Waals surface area contributed by atoms with E-state index in [1.54, 1.807) is 0 Å². The second kappa shape index (κ2) is 7.02. The monoisotopic (exact) mass is 175 g/mol. The number of unbranched alkanes of at least 4 members (excludes halogenated alkanes) is 1. The van der Waals surface area contributed by atoms with Crippen LogP contribution in [-0.4, -0.2) is 25.3 Å². The summed E-state index contributed by atoms with van der Waals surface area (Å²) in [5, 5.41) is 0. The van der Waals surface area contributed by atoms with E-state index in [2.05, 4.69) is 4.74 Å². The predicted molar refractivity (Wildman–Crippen MR) is 46.0 cm³/mol. The molecule has 0 fully saturated rings. The van der Waals surface area contributed by atoms with Gasteiger partial charge in [-0.2, -0.15) is 0 Å². The number of carbonyl (C=O) groups is 1. The van der Waals surface area contributed by atoms with Crippen LogP contribution in [0.4, 0.5) is 0 Å². The molecule has 12 heavy (non-hydrogen) atoms. The molecule has 72 valence electrons. The first-order chi connectivity index (χ1) is 5.72. The van der Waals surface area contributed by atoms with Crippen LogP contribution in [0.3, 0.4) is 0 Å². The molecular weight excluding hydrogens is 158 g/mol. The molecule has 5 heteroatoms. The molecule has 0 rings (SSSR count). The average molecular weight is 175 g/mol. The van der Waals surface area contributed by atoms with Gasteiger partial charge in [-0.1, -0.05) is 6.42 Å². The number of carbonyl (C=O) groups excluding carboxylic acids is 1. The molecule has 0 aliphatic rings. The summed E-state index contributed by atoms with van der Waals surface area (Å²) in [5.41, 5.74) is 15.7. The molecule has 0 spiro atoms. The predicted octanol–water partition coefficient (Wildman–Crippen LogP) is -1.10. The summed E-state index contributed by atoms with van der Waals surface area (Å²) in [6, 6.07) is -0.555. The van der Waals surface area contributed by atoms with E-state index < -0.39 is 12.0 Å². The fourth-order valence-electron chi connectivity index (χ4n) is 0.816. The Morgan fingerprint density at radius 1 is 1.33 bits per heavy atom. The molecule has 0 saturated carbocycles. The molecule has 0 aromatic carbocycles. The Kier molecular flexibility index (Phi) is 6.64. The van der Waals surface area contributed by atoms with Crippen LogP contribution in [0.1, 0.15) is 19.3 Å². The molecule has 6 N–H and O–H groups in total. The Labute approximate surface area is 72.2 Å². The molecule has 0 aliphatic heterocycles. The van der Waals surface area contributed by atoms with Crippen molar-refractivity contribution < 1.29 is 9.53 Å². The van der Waals surface area contributed by atoms with Crippen LogP contribution in [0.5, 0.6) is 0 Å². The number of rotatable bonds is 6. The van der Waals surface area contributed by atoms with Crippen molar-refractivity contribution >= 4 is 5.97 Å². The lowest BCUT2D eigenvalue weighted by atomic mass is 10.1. The van der Waals surface area contributed by atoms with E-state index in [0.29, 0.717) is 13.0 Å². The van der Waals surface area contributed by atoms with Gasteiger partial charge in [0.1, 0.15) is 12.8 Å². The van der Waals surface area contributed by atoms with Crippen LogP contribution < -0.4 is 17.2 Å². The summed E-state index contributed by atoms with van der Waals surface area (Å²) >= 11 is 0. The Balaban J connectivity index is 3.42. The van der Waals surface area contributed by atoms with Crippen LogP contribution in [0.2, 0.25) is 0 Å². The van der Waals surface area contributed by atoms with E-state index in [4.69, 9.17) is 17.2 Å². The fourth-order valence-corrected chi connectivity index (χ4v) is 0.816. The zero-order chi connectivity index (χ0) is 9.40. The topological polar surface area (TPSA) is 104 Å². The summed E-state index contributed by atoms with van der Waals surface area (Å²) in [4.78, 5) is 10.9. The van der Waals surface area contributed by atoms with Crippen molar-refractivity contribution in [1.29, 1.82) is 0 Å². The van der Waals surface area contributed by atoms with E-state index in [-0.39, 0.29) is 6.73 Å². The van der Waals surface area contributed by atoms with Gasteiger partial charge in [0.15, 0.2) is 0 Å². The highest BCUT2D eigenvalue weighted by Gasteiger charge is 2.12. The van der Waals surface area contributed by atoms with Gasteiger partial charge in [-0.05, 0) is 19.4 Å². The zero-order valence-corrected chi connectivity index (χ0v) is 7.16. The highest BCUT2D eigenvalue weighted by atomic mass is 16.5. The van der Waals surface area contributed by atoms with Crippen molar-refractivity contribution in [2.45, 2.75) is 25.3 Å². The highest BCUT2D eigenvalue weighted by Crippen LogP contribution is 1.99. The van der Waals surface area contributed by atoms with Gasteiger partial charge < -0.3 is 16.2 Å². The lowest BCUT2D eigenvalue weighted by Gasteiger charge is -2.08. The van der Waals surface area contributed by atoms with Crippen LogP contribution in [0.25, 0.3) is 0 Å². The molecule has 0 heterocycles. The van der Waals surface area contributed by atoms with E-state index >= 15 is 0 Å². The minimum absolute atomic E-state index is 0.108. The number of esters is 1.